The van der Waals surface area contributed by atoms with Crippen LogP contribution in [0, 0.1) is 11.3 Å². The van der Waals surface area contributed by atoms with Crippen LogP contribution in [0.3, 0.4) is 0 Å². The molecule has 0 radical (unpaired) electrons. The maximum atomic E-state index is 12.7. The van der Waals surface area contributed by atoms with Crippen molar-refractivity contribution in [3.63, 3.8) is 0 Å². The van der Waals surface area contributed by atoms with E-state index in [0.29, 0.717) is 11.3 Å². The fourth-order valence-electron chi connectivity index (χ4n) is 2.06. The number of aromatic carboxylic acids is 1. The number of ether oxygens (including phenoxy) is 1. The van der Waals surface area contributed by atoms with E-state index >= 15 is 0 Å². The van der Waals surface area contributed by atoms with Gasteiger partial charge in [0.25, 0.3) is 10.0 Å². The molecule has 2 aromatic rings. The smallest absolute Gasteiger partial charge is 0.339 e. The highest BCUT2D eigenvalue weighted by atomic mass is 32.2. The summed E-state index contributed by atoms with van der Waals surface area (Å²) >= 11 is 0. The molecule has 0 bridgehead atoms. The standard InChI is InChI=1S/C16H14N2O5S/c1-18(12-5-3-11(10-17)4-6-12)24(21,22)13-7-8-15(23-2)14(9-13)16(19)20/h3-9H,1-2H3,(H,19,20). The number of benzene rings is 2. The van der Waals surface area contributed by atoms with E-state index in [1.54, 1.807) is 0 Å². The second-order valence-corrected chi connectivity index (χ2v) is 6.77. The van der Waals surface area contributed by atoms with Gasteiger partial charge in [0.05, 0.1) is 29.3 Å². The van der Waals surface area contributed by atoms with E-state index in [4.69, 9.17) is 10.00 Å². The summed E-state index contributed by atoms with van der Waals surface area (Å²) in [6, 6.07) is 11.6. The third-order valence-corrected chi connectivity index (χ3v) is 5.20. The van der Waals surface area contributed by atoms with Gasteiger partial charge in [0.2, 0.25) is 0 Å². The first-order chi connectivity index (χ1) is 11.3. The van der Waals surface area contributed by atoms with Gasteiger partial charge >= 0.3 is 5.97 Å². The van der Waals surface area contributed by atoms with Gasteiger partial charge in [-0.05, 0) is 42.5 Å². The van der Waals surface area contributed by atoms with Crippen LogP contribution in [0.2, 0.25) is 0 Å². The minimum atomic E-state index is -3.96. The van der Waals surface area contributed by atoms with Gasteiger partial charge in [-0.1, -0.05) is 0 Å². The maximum Gasteiger partial charge on any atom is 0.339 e. The summed E-state index contributed by atoms with van der Waals surface area (Å²) in [5.74, 6) is -1.22. The van der Waals surface area contributed by atoms with Crippen LogP contribution in [0.25, 0.3) is 0 Å². The molecule has 0 saturated carbocycles. The van der Waals surface area contributed by atoms with E-state index in [0.717, 1.165) is 10.4 Å². The predicted octanol–water partition coefficient (Wildman–Crippen LogP) is 2.09. The first kappa shape index (κ1) is 17.3. The highest BCUT2D eigenvalue weighted by molar-refractivity contribution is 7.92. The molecule has 0 aliphatic carbocycles. The third kappa shape index (κ3) is 3.16. The largest absolute Gasteiger partial charge is 0.496 e. The normalized spacial score (nSPS) is 10.7. The van der Waals surface area contributed by atoms with Crippen LogP contribution in [0.15, 0.2) is 47.4 Å². The average Bonchev–Trinajstić information content (AvgIpc) is 2.60. The van der Waals surface area contributed by atoms with Crippen molar-refractivity contribution in [3.05, 3.63) is 53.6 Å². The Hall–Kier alpha value is -3.05. The van der Waals surface area contributed by atoms with Gasteiger partial charge in [-0.25, -0.2) is 13.2 Å². The fourth-order valence-corrected chi connectivity index (χ4v) is 3.28. The van der Waals surface area contributed by atoms with Gasteiger partial charge in [0.1, 0.15) is 11.3 Å². The molecule has 0 fully saturated rings. The zero-order valence-electron chi connectivity index (χ0n) is 12.9. The molecule has 124 valence electrons. The molecule has 0 unspecified atom stereocenters. The van der Waals surface area contributed by atoms with Crippen LogP contribution < -0.4 is 9.04 Å². The monoisotopic (exact) mass is 346 g/mol. The lowest BCUT2D eigenvalue weighted by Crippen LogP contribution is -2.26. The quantitative estimate of drug-likeness (QED) is 0.888. The Labute approximate surface area is 139 Å². The molecular formula is C16H14N2O5S. The van der Waals surface area contributed by atoms with Gasteiger partial charge in [0.15, 0.2) is 0 Å². The molecule has 2 aromatic carbocycles. The number of hydrogen-bond acceptors (Lipinski definition) is 5. The van der Waals surface area contributed by atoms with Gasteiger partial charge in [-0.15, -0.1) is 0 Å². The van der Waals surface area contributed by atoms with E-state index in [1.165, 1.54) is 50.6 Å². The Kier molecular flexibility index (Phi) is 4.76. The summed E-state index contributed by atoms with van der Waals surface area (Å²) in [6.45, 7) is 0. The van der Waals surface area contributed by atoms with Crippen LogP contribution in [-0.2, 0) is 10.0 Å². The zero-order chi connectivity index (χ0) is 17.9. The Morgan fingerprint density at radius 1 is 1.21 bits per heavy atom. The second-order valence-electron chi connectivity index (χ2n) is 4.80. The molecule has 24 heavy (non-hydrogen) atoms. The van der Waals surface area contributed by atoms with Gasteiger partial charge < -0.3 is 9.84 Å². The molecule has 0 aliphatic rings. The summed E-state index contributed by atoms with van der Waals surface area (Å²) in [5.41, 5.74) is 0.510. The molecule has 0 aliphatic heterocycles. The number of anilines is 1. The Morgan fingerprint density at radius 3 is 2.33 bits per heavy atom. The number of rotatable bonds is 5. The van der Waals surface area contributed by atoms with Crippen molar-refractivity contribution < 1.29 is 23.1 Å². The number of nitrogens with zero attached hydrogens (tertiary/aromatic N) is 2. The minimum Gasteiger partial charge on any atom is -0.496 e. The van der Waals surface area contributed by atoms with E-state index in [-0.39, 0.29) is 16.2 Å². The van der Waals surface area contributed by atoms with Gasteiger partial charge in [-0.3, -0.25) is 4.31 Å². The SMILES string of the molecule is COc1ccc(S(=O)(=O)N(C)c2ccc(C#N)cc2)cc1C(=O)O. The maximum absolute atomic E-state index is 12.7. The zero-order valence-corrected chi connectivity index (χ0v) is 13.7. The number of hydrogen-bond donors (Lipinski definition) is 1. The molecule has 2 rings (SSSR count). The van der Waals surface area contributed by atoms with Crippen LogP contribution in [0.5, 0.6) is 5.75 Å². The topological polar surface area (TPSA) is 108 Å². The van der Waals surface area contributed by atoms with Crippen molar-refractivity contribution >= 4 is 21.7 Å². The number of nitriles is 1. The van der Waals surface area contributed by atoms with Crippen LogP contribution in [0.4, 0.5) is 5.69 Å². The van der Waals surface area contributed by atoms with Crippen molar-refractivity contribution in [1.29, 1.82) is 5.26 Å². The lowest BCUT2D eigenvalue weighted by atomic mass is 10.2. The van der Waals surface area contributed by atoms with Crippen LogP contribution in [0.1, 0.15) is 15.9 Å². The summed E-state index contributed by atoms with van der Waals surface area (Å²) in [4.78, 5) is 11.1. The highest BCUT2D eigenvalue weighted by Crippen LogP contribution is 2.27. The Bertz CT molecular complexity index is 914. The van der Waals surface area contributed by atoms with Gasteiger partial charge in [0, 0.05) is 7.05 Å². The summed E-state index contributed by atoms with van der Waals surface area (Å²) in [6.07, 6.45) is 0. The number of carboxylic acid groups (broad SMARTS) is 1. The second kappa shape index (κ2) is 6.60. The minimum absolute atomic E-state index is 0.0717. The molecule has 7 nitrogen and oxygen atoms in total. The highest BCUT2D eigenvalue weighted by Gasteiger charge is 2.24. The van der Waals surface area contributed by atoms with E-state index in [1.807, 2.05) is 6.07 Å². The Morgan fingerprint density at radius 2 is 1.83 bits per heavy atom. The Balaban J connectivity index is 2.47. The summed E-state index contributed by atoms with van der Waals surface area (Å²) in [7, 11) is -1.31. The molecule has 8 heteroatoms. The lowest BCUT2D eigenvalue weighted by Gasteiger charge is -2.20. The first-order valence-electron chi connectivity index (χ1n) is 6.71. The van der Waals surface area contributed by atoms with E-state index in [2.05, 4.69) is 0 Å². The van der Waals surface area contributed by atoms with E-state index in [9.17, 15) is 18.3 Å². The molecule has 0 aromatic heterocycles. The van der Waals surface area contributed by atoms with E-state index < -0.39 is 16.0 Å². The molecule has 0 heterocycles. The van der Waals surface area contributed by atoms with Crippen molar-refractivity contribution in [2.24, 2.45) is 0 Å². The number of carbonyl (C=O) groups is 1. The molecule has 0 spiro atoms. The molecule has 0 saturated heterocycles. The fraction of sp³-hybridized carbons (Fsp3) is 0.125. The summed E-state index contributed by atoms with van der Waals surface area (Å²) in [5, 5.41) is 18.0. The third-order valence-electron chi connectivity index (χ3n) is 3.42. The molecule has 0 amide bonds. The first-order valence-corrected chi connectivity index (χ1v) is 8.15. The van der Waals surface area contributed by atoms with Gasteiger partial charge in [-0.2, -0.15) is 5.26 Å². The predicted molar refractivity (Wildman–Crippen MR) is 86.7 cm³/mol. The molecular weight excluding hydrogens is 332 g/mol. The lowest BCUT2D eigenvalue weighted by molar-refractivity contribution is 0.0693. The van der Waals surface area contributed by atoms with Crippen molar-refractivity contribution in [1.82, 2.24) is 0 Å². The van der Waals surface area contributed by atoms with Crippen LogP contribution in [-0.4, -0.2) is 33.7 Å². The summed E-state index contributed by atoms with van der Waals surface area (Å²) < 4.78 is 31.3. The average molecular weight is 346 g/mol. The number of sulfonamides is 1. The van der Waals surface area contributed by atoms with Crippen LogP contribution >= 0.6 is 0 Å². The molecule has 1 N–H and O–H groups in total. The number of methoxy groups -OCH3 is 1. The van der Waals surface area contributed by atoms with Crippen molar-refractivity contribution in [3.8, 4) is 11.8 Å². The van der Waals surface area contributed by atoms with Crippen molar-refractivity contribution in [2.45, 2.75) is 4.90 Å². The molecule has 0 atom stereocenters. The number of carboxylic acids is 1. The van der Waals surface area contributed by atoms with Crippen molar-refractivity contribution in [2.75, 3.05) is 18.5 Å².